The van der Waals surface area contributed by atoms with Crippen molar-refractivity contribution >= 4 is 28.9 Å². The minimum Gasteiger partial charge on any atom is -0.497 e. The Morgan fingerprint density at radius 2 is 1.88 bits per heavy atom. The maximum absolute atomic E-state index is 12.5. The minimum atomic E-state index is -1.15. The Bertz CT molecular complexity index is 1050. The first-order chi connectivity index (χ1) is 15.0. The summed E-state index contributed by atoms with van der Waals surface area (Å²) in [6.45, 7) is 5.13. The number of likely N-dealkylation sites (tertiary alicyclic amines) is 1. The van der Waals surface area contributed by atoms with Gasteiger partial charge in [-0.2, -0.15) is 0 Å². The van der Waals surface area contributed by atoms with E-state index in [1.165, 1.54) is 20.3 Å². The Hall–Kier alpha value is -3.56. The van der Waals surface area contributed by atoms with Crippen LogP contribution < -0.4 is 9.47 Å². The summed E-state index contributed by atoms with van der Waals surface area (Å²) in [6, 6.07) is 5.44. The summed E-state index contributed by atoms with van der Waals surface area (Å²) in [6.07, 6.45) is -1.31. The molecule has 0 aliphatic carbocycles. The number of aromatic nitrogens is 1. The molecule has 0 radical (unpaired) electrons. The number of fused-ring (bicyclic) bond motifs is 1. The molecule has 2 aromatic rings. The normalized spacial score (nSPS) is 18.3. The largest absolute Gasteiger partial charge is 0.497 e. The van der Waals surface area contributed by atoms with E-state index in [0.29, 0.717) is 22.4 Å². The number of hydrogen-bond acceptors (Lipinski definition) is 8. The van der Waals surface area contributed by atoms with Crippen LogP contribution in [0.3, 0.4) is 0 Å². The van der Waals surface area contributed by atoms with E-state index in [2.05, 4.69) is 4.98 Å². The van der Waals surface area contributed by atoms with Crippen molar-refractivity contribution in [3.8, 4) is 11.5 Å². The highest BCUT2D eigenvalue weighted by Crippen LogP contribution is 2.32. The van der Waals surface area contributed by atoms with Crippen molar-refractivity contribution in [2.24, 2.45) is 0 Å². The Morgan fingerprint density at radius 1 is 1.16 bits per heavy atom. The summed E-state index contributed by atoms with van der Waals surface area (Å²) in [5, 5.41) is 10.2. The zero-order valence-electron chi connectivity index (χ0n) is 18.6. The average Bonchev–Trinajstić information content (AvgIpc) is 3.15. The van der Waals surface area contributed by atoms with Crippen LogP contribution in [0.25, 0.3) is 10.9 Å². The summed E-state index contributed by atoms with van der Waals surface area (Å²) in [4.78, 5) is 41.8. The van der Waals surface area contributed by atoms with Crippen LogP contribution in [0.5, 0.6) is 11.5 Å². The van der Waals surface area contributed by atoms with Crippen LogP contribution in [-0.2, 0) is 14.3 Å². The first-order valence-corrected chi connectivity index (χ1v) is 9.98. The lowest BCUT2D eigenvalue weighted by molar-refractivity contribution is -0.142. The van der Waals surface area contributed by atoms with E-state index in [4.69, 9.17) is 18.9 Å². The lowest BCUT2D eigenvalue weighted by Crippen LogP contribution is -2.43. The Balaban J connectivity index is 1.93. The average molecular weight is 446 g/mol. The smallest absolute Gasteiger partial charge is 0.411 e. The molecule has 0 saturated carbocycles. The van der Waals surface area contributed by atoms with Gasteiger partial charge in [-0.05, 0) is 32.9 Å². The van der Waals surface area contributed by atoms with Gasteiger partial charge in [-0.25, -0.2) is 19.4 Å². The Morgan fingerprint density at radius 3 is 2.47 bits per heavy atom. The van der Waals surface area contributed by atoms with Crippen LogP contribution in [0.2, 0.25) is 0 Å². The molecule has 0 unspecified atom stereocenters. The van der Waals surface area contributed by atoms with Gasteiger partial charge in [-0.3, -0.25) is 4.90 Å². The lowest BCUT2D eigenvalue weighted by atomic mass is 10.1. The van der Waals surface area contributed by atoms with Crippen molar-refractivity contribution in [1.82, 2.24) is 9.88 Å². The van der Waals surface area contributed by atoms with E-state index in [1.54, 1.807) is 39.0 Å². The van der Waals surface area contributed by atoms with Crippen molar-refractivity contribution in [2.45, 2.75) is 44.9 Å². The topological polar surface area (TPSA) is 124 Å². The molecule has 10 nitrogen and oxygen atoms in total. The molecule has 1 aliphatic heterocycles. The maximum atomic E-state index is 12.5. The number of esters is 1. The second-order valence-corrected chi connectivity index (χ2v) is 8.34. The monoisotopic (exact) mass is 446 g/mol. The SMILES string of the molecule is COC(=O)c1cc(O[C@@H]2C[C@@H](C(=O)O)N(C(=O)OC(C)(C)C)C2)c2ccc(OC)cc2n1. The number of methoxy groups -OCH3 is 2. The fraction of sp³-hybridized carbons (Fsp3) is 0.455. The van der Waals surface area contributed by atoms with Crippen LogP contribution >= 0.6 is 0 Å². The second kappa shape index (κ2) is 8.89. The van der Waals surface area contributed by atoms with Crippen molar-refractivity contribution in [1.29, 1.82) is 0 Å². The molecular formula is C22H26N2O8. The van der Waals surface area contributed by atoms with Gasteiger partial charge in [0.05, 0.1) is 26.3 Å². The number of nitrogens with zero attached hydrogens (tertiary/aromatic N) is 2. The summed E-state index contributed by atoms with van der Waals surface area (Å²) in [5.74, 6) is -0.939. The van der Waals surface area contributed by atoms with Crippen LogP contribution in [0, 0.1) is 0 Å². The third kappa shape index (κ3) is 5.01. The van der Waals surface area contributed by atoms with Gasteiger partial charge in [0.25, 0.3) is 0 Å². The lowest BCUT2D eigenvalue weighted by Gasteiger charge is -2.26. The number of carbonyl (C=O) groups is 3. The van der Waals surface area contributed by atoms with Crippen LogP contribution in [-0.4, -0.2) is 71.5 Å². The van der Waals surface area contributed by atoms with Crippen molar-refractivity contribution in [3.63, 3.8) is 0 Å². The highest BCUT2D eigenvalue weighted by molar-refractivity contribution is 5.94. The molecule has 1 aromatic carbocycles. The summed E-state index contributed by atoms with van der Waals surface area (Å²) >= 11 is 0. The van der Waals surface area contributed by atoms with Gasteiger partial charge in [0, 0.05) is 23.9 Å². The molecule has 172 valence electrons. The number of carbonyl (C=O) groups excluding carboxylic acids is 2. The van der Waals surface area contributed by atoms with Gasteiger partial charge in [0.1, 0.15) is 29.2 Å². The van der Waals surface area contributed by atoms with Gasteiger partial charge >= 0.3 is 18.0 Å². The van der Waals surface area contributed by atoms with E-state index in [-0.39, 0.29) is 18.7 Å². The van der Waals surface area contributed by atoms with Crippen LogP contribution in [0.4, 0.5) is 4.79 Å². The third-order valence-corrected chi connectivity index (χ3v) is 4.84. The number of carboxylic acid groups (broad SMARTS) is 1. The van der Waals surface area contributed by atoms with Gasteiger partial charge in [0.2, 0.25) is 0 Å². The number of ether oxygens (including phenoxy) is 4. The fourth-order valence-electron chi connectivity index (χ4n) is 3.43. The Kier molecular flexibility index (Phi) is 6.42. The quantitative estimate of drug-likeness (QED) is 0.690. The first kappa shape index (κ1) is 23.1. The standard InChI is InChI=1S/C22H26N2O8/c1-22(2,3)32-21(28)24-11-13(9-17(24)19(25)26)31-18-10-16(20(27)30-5)23-15-8-12(29-4)6-7-14(15)18/h6-8,10,13,17H,9,11H2,1-5H3,(H,25,26)/t13-,17+/m1/s1. The van der Waals surface area contributed by atoms with Gasteiger partial charge in [-0.1, -0.05) is 0 Å². The van der Waals surface area contributed by atoms with E-state index in [9.17, 15) is 19.5 Å². The maximum Gasteiger partial charge on any atom is 0.411 e. The highest BCUT2D eigenvalue weighted by Gasteiger charge is 2.43. The molecule has 32 heavy (non-hydrogen) atoms. The van der Waals surface area contributed by atoms with Crippen LogP contribution in [0.15, 0.2) is 24.3 Å². The molecule has 1 aliphatic rings. The van der Waals surface area contributed by atoms with Gasteiger partial charge in [-0.15, -0.1) is 0 Å². The molecule has 0 bridgehead atoms. The van der Waals surface area contributed by atoms with Crippen molar-refractivity contribution < 1.29 is 38.4 Å². The third-order valence-electron chi connectivity index (χ3n) is 4.84. The summed E-state index contributed by atoms with van der Waals surface area (Å²) in [7, 11) is 2.76. The molecule has 3 rings (SSSR count). The van der Waals surface area contributed by atoms with Gasteiger partial charge < -0.3 is 24.1 Å². The van der Waals surface area contributed by atoms with E-state index < -0.39 is 35.8 Å². The van der Waals surface area contributed by atoms with Gasteiger partial charge in [0.15, 0.2) is 5.69 Å². The van der Waals surface area contributed by atoms with Crippen molar-refractivity contribution in [2.75, 3.05) is 20.8 Å². The molecule has 1 N–H and O–H groups in total. The first-order valence-electron chi connectivity index (χ1n) is 9.98. The van der Waals surface area contributed by atoms with E-state index >= 15 is 0 Å². The number of amides is 1. The number of aliphatic carboxylic acids is 1. The summed E-state index contributed by atoms with van der Waals surface area (Å²) in [5.41, 5.74) is -0.298. The number of hydrogen-bond donors (Lipinski definition) is 1. The fourth-order valence-corrected chi connectivity index (χ4v) is 3.43. The van der Waals surface area contributed by atoms with Crippen LogP contribution in [0.1, 0.15) is 37.7 Å². The molecule has 2 atom stereocenters. The predicted octanol–water partition coefficient (Wildman–Crippen LogP) is 2.87. The number of rotatable bonds is 5. The second-order valence-electron chi connectivity index (χ2n) is 8.34. The Labute approximate surface area is 185 Å². The number of pyridine rings is 1. The molecular weight excluding hydrogens is 420 g/mol. The van der Waals surface area contributed by atoms with E-state index in [1.807, 2.05) is 0 Å². The highest BCUT2D eigenvalue weighted by atomic mass is 16.6. The zero-order valence-corrected chi connectivity index (χ0v) is 18.6. The molecule has 1 fully saturated rings. The molecule has 1 amide bonds. The summed E-state index contributed by atoms with van der Waals surface area (Å²) < 4.78 is 21.4. The van der Waals surface area contributed by atoms with Crippen molar-refractivity contribution in [3.05, 3.63) is 30.0 Å². The minimum absolute atomic E-state index is 0.0133. The predicted molar refractivity (Wildman–Crippen MR) is 113 cm³/mol. The molecule has 10 heteroatoms. The van der Waals surface area contributed by atoms with E-state index in [0.717, 1.165) is 4.90 Å². The molecule has 1 saturated heterocycles. The number of carboxylic acids is 1. The molecule has 0 spiro atoms. The molecule has 2 heterocycles. The molecule has 1 aromatic heterocycles. The number of benzene rings is 1. The zero-order chi connectivity index (χ0) is 23.6.